The van der Waals surface area contributed by atoms with E-state index in [0.717, 1.165) is 39.9 Å². The van der Waals surface area contributed by atoms with E-state index in [1.165, 1.54) is 23.8 Å². The zero-order chi connectivity index (χ0) is 51.9. The van der Waals surface area contributed by atoms with Crippen molar-refractivity contribution in [3.8, 4) is 41.4 Å². The molecule has 0 spiro atoms. The largest absolute Gasteiger partial charge is 0.491 e. The maximum Gasteiger partial charge on any atom is 0.337 e. The minimum atomic E-state index is -0.336. The summed E-state index contributed by atoms with van der Waals surface area (Å²) in [6.07, 6.45) is 5.61. The Morgan fingerprint density at radius 1 is 0.623 bits per heavy atom. The maximum absolute atomic E-state index is 11.8. The van der Waals surface area contributed by atoms with E-state index >= 15 is 0 Å². The highest BCUT2D eigenvalue weighted by Crippen LogP contribution is 2.25. The number of carbonyl (C=O) groups is 4. The number of nitriles is 1. The number of nitrogens with zero attached hydrogens (tertiary/aromatic N) is 2. The summed E-state index contributed by atoms with van der Waals surface area (Å²) in [5.41, 5.74) is 3.86. The van der Waals surface area contributed by atoms with Crippen LogP contribution in [0, 0.1) is 23.7 Å². The number of esters is 1. The van der Waals surface area contributed by atoms with Crippen LogP contribution in [-0.4, -0.2) is 64.4 Å². The van der Waals surface area contributed by atoms with Crippen LogP contribution >= 0.6 is 11.8 Å². The first-order valence-corrected chi connectivity index (χ1v) is 23.5. The van der Waals surface area contributed by atoms with E-state index in [0.29, 0.717) is 22.3 Å². The fourth-order valence-corrected chi connectivity index (χ4v) is 6.34. The molecule has 0 atom stereocenters. The molecule has 1 aliphatic rings. The number of terminal acetylenes is 1. The van der Waals surface area contributed by atoms with E-state index in [9.17, 15) is 19.2 Å². The van der Waals surface area contributed by atoms with Gasteiger partial charge in [-0.25, -0.2) is 4.79 Å². The predicted octanol–water partition coefficient (Wildman–Crippen LogP) is 12.8. The van der Waals surface area contributed by atoms with Crippen molar-refractivity contribution >= 4 is 34.7 Å². The van der Waals surface area contributed by atoms with Crippen molar-refractivity contribution in [3.63, 3.8) is 0 Å². The zero-order valence-corrected chi connectivity index (χ0v) is 43.4. The third kappa shape index (κ3) is 22.6. The fraction of sp³-hybridized carbons (Fsp3) is 0.351. The first kappa shape index (κ1) is 58.1. The Hall–Kier alpha value is -7.02. The average molecular weight is 957 g/mol. The van der Waals surface area contributed by atoms with Crippen molar-refractivity contribution in [2.24, 2.45) is 0 Å². The van der Waals surface area contributed by atoms with Crippen LogP contribution in [0.15, 0.2) is 121 Å². The number of imide groups is 1. The molecule has 0 saturated heterocycles. The second-order valence-electron chi connectivity index (χ2n) is 18.1. The molecule has 5 aromatic rings. The molecule has 12 heteroatoms. The van der Waals surface area contributed by atoms with E-state index in [1.54, 1.807) is 79.7 Å². The van der Waals surface area contributed by atoms with Gasteiger partial charge in [-0.3, -0.25) is 19.3 Å². The molecule has 0 aliphatic carbocycles. The highest BCUT2D eigenvalue weighted by Gasteiger charge is 2.36. The van der Waals surface area contributed by atoms with Crippen LogP contribution in [0.5, 0.6) is 23.0 Å². The topological polar surface area (TPSA) is 141 Å². The van der Waals surface area contributed by atoms with Crippen LogP contribution < -0.4 is 18.9 Å². The quantitative estimate of drug-likeness (QED) is 0.0750. The zero-order valence-electron chi connectivity index (χ0n) is 42.5. The van der Waals surface area contributed by atoms with Gasteiger partial charge in [0.05, 0.1) is 47.6 Å². The summed E-state index contributed by atoms with van der Waals surface area (Å²) in [4.78, 5) is 46.7. The van der Waals surface area contributed by atoms with Crippen LogP contribution in [0.2, 0.25) is 0 Å². The molecule has 2 amide bonds. The minimum Gasteiger partial charge on any atom is -0.491 e. The number of hydrogen-bond acceptors (Lipinski definition) is 11. The molecule has 0 saturated carbocycles. The first-order chi connectivity index (χ1) is 32.4. The van der Waals surface area contributed by atoms with Crippen LogP contribution in [0.4, 0.5) is 0 Å². The van der Waals surface area contributed by atoms with Gasteiger partial charge in [-0.1, -0.05) is 41.9 Å². The molecule has 0 unspecified atom stereocenters. The number of carbonyl (C=O) groups excluding carboxylic acids is 4. The predicted molar refractivity (Wildman–Crippen MR) is 276 cm³/mol. The van der Waals surface area contributed by atoms with Gasteiger partial charge in [-0.05, 0) is 186 Å². The number of amides is 2. The SMILES string of the molecule is C#Cc1ccc(OC(C)(C)C)cc1.CC(=O)SCc1ccc(OC(C)C)cc1.CC(C)N1C(=O)c2ccccc2C1=O.CC(C)Oc1ccc(C#N)cc1.COC(=O)c1ccc(OC(C)(C)C)cc1. The Labute approximate surface area is 414 Å². The molecule has 0 bridgehead atoms. The molecule has 6 rings (SSSR count). The Balaban J connectivity index is 0.000000297. The van der Waals surface area contributed by atoms with Gasteiger partial charge >= 0.3 is 5.97 Å². The van der Waals surface area contributed by atoms with Crippen molar-refractivity contribution in [1.29, 1.82) is 5.26 Å². The minimum absolute atomic E-state index is 0.0811. The number of fused-ring (bicyclic) bond motifs is 1. The summed E-state index contributed by atoms with van der Waals surface area (Å²) in [5.74, 6) is 5.88. The summed E-state index contributed by atoms with van der Waals surface area (Å²) in [7, 11) is 1.36. The van der Waals surface area contributed by atoms with E-state index < -0.39 is 0 Å². The second kappa shape index (κ2) is 28.3. The van der Waals surface area contributed by atoms with E-state index in [4.69, 9.17) is 30.6 Å². The lowest BCUT2D eigenvalue weighted by Gasteiger charge is -2.21. The van der Waals surface area contributed by atoms with Gasteiger partial charge in [0.2, 0.25) is 0 Å². The smallest absolute Gasteiger partial charge is 0.337 e. The highest BCUT2D eigenvalue weighted by molar-refractivity contribution is 8.12. The lowest BCUT2D eigenvalue weighted by molar-refractivity contribution is -0.109. The van der Waals surface area contributed by atoms with Crippen molar-refractivity contribution in [2.45, 2.75) is 125 Å². The van der Waals surface area contributed by atoms with Crippen LogP contribution in [-0.2, 0) is 15.3 Å². The molecule has 11 nitrogen and oxygen atoms in total. The normalized spacial score (nSPS) is 11.4. The molecule has 0 fully saturated rings. The van der Waals surface area contributed by atoms with Crippen LogP contribution in [0.25, 0.3) is 0 Å². The molecule has 0 N–H and O–H groups in total. The van der Waals surface area contributed by atoms with Gasteiger partial charge in [0.15, 0.2) is 5.12 Å². The Morgan fingerprint density at radius 2 is 1.01 bits per heavy atom. The lowest BCUT2D eigenvalue weighted by atomic mass is 10.1. The Morgan fingerprint density at radius 3 is 1.36 bits per heavy atom. The van der Waals surface area contributed by atoms with E-state index in [1.807, 2.05) is 132 Å². The van der Waals surface area contributed by atoms with E-state index in [2.05, 4.69) is 16.7 Å². The third-order valence-corrected chi connectivity index (χ3v) is 9.46. The van der Waals surface area contributed by atoms with Crippen LogP contribution in [0.1, 0.15) is 138 Å². The summed E-state index contributed by atoms with van der Waals surface area (Å²) >= 11 is 1.32. The van der Waals surface area contributed by atoms with Gasteiger partial charge < -0.3 is 23.7 Å². The Bertz CT molecular complexity index is 2440. The Kier molecular flexibility index (Phi) is 23.9. The van der Waals surface area contributed by atoms with E-state index in [-0.39, 0.29) is 52.4 Å². The van der Waals surface area contributed by atoms with Crippen molar-refractivity contribution in [1.82, 2.24) is 4.90 Å². The summed E-state index contributed by atoms with van der Waals surface area (Å²) in [6, 6.07) is 38.3. The number of benzene rings is 5. The monoisotopic (exact) mass is 956 g/mol. The molecule has 366 valence electrons. The lowest BCUT2D eigenvalue weighted by Crippen LogP contribution is -2.35. The average Bonchev–Trinajstić information content (AvgIpc) is 3.54. The number of thioether (sulfide) groups is 1. The van der Waals surface area contributed by atoms with Crippen LogP contribution in [0.3, 0.4) is 0 Å². The van der Waals surface area contributed by atoms with Crippen molar-refractivity contribution < 1.29 is 42.9 Å². The van der Waals surface area contributed by atoms with Crippen molar-refractivity contribution in [2.75, 3.05) is 7.11 Å². The first-order valence-electron chi connectivity index (χ1n) is 22.5. The summed E-state index contributed by atoms with van der Waals surface area (Å²) in [5, 5.41) is 8.67. The standard InChI is InChI=1S/C12H16O3.C12H16O2S.C12H14O.C11H11NO2.C10H11NO/c1-12(2,3)15-10-7-5-9(6-8-10)11(13)14-4;1-9(2)14-12-6-4-11(5-7-12)8-15-10(3)13;1-5-10-6-8-11(9-7-10)13-12(2,3)4;1-7(2)12-10(13)8-5-3-4-6-9(8)11(12)14;1-8(2)12-10-5-3-9(7-11)4-6-10/h5-8H,1-4H3;4-7,9H,8H2,1-3H3;1,6-9H,2-4H3;3-7H,1-2H3;3-6,8H,1-2H3. The summed E-state index contributed by atoms with van der Waals surface area (Å²) in [6.45, 7) is 25.2. The number of ether oxygens (including phenoxy) is 5. The number of rotatable bonds is 10. The van der Waals surface area contributed by atoms with Gasteiger partial charge in [0.25, 0.3) is 11.8 Å². The number of hydrogen-bond donors (Lipinski definition) is 0. The summed E-state index contributed by atoms with van der Waals surface area (Å²) < 4.78 is 26.8. The molecular formula is C57H68N2O9S. The molecular weight excluding hydrogens is 889 g/mol. The number of methoxy groups -OCH3 is 1. The van der Waals surface area contributed by atoms with Crippen molar-refractivity contribution in [3.05, 3.63) is 155 Å². The molecule has 1 heterocycles. The molecule has 0 radical (unpaired) electrons. The molecule has 1 aliphatic heterocycles. The van der Waals surface area contributed by atoms with Gasteiger partial charge in [-0.2, -0.15) is 5.26 Å². The fourth-order valence-electron chi connectivity index (χ4n) is 5.78. The third-order valence-electron chi connectivity index (χ3n) is 8.58. The molecule has 0 aromatic heterocycles. The van der Waals surface area contributed by atoms with Gasteiger partial charge in [-0.15, -0.1) is 6.42 Å². The van der Waals surface area contributed by atoms with Gasteiger partial charge in [0.1, 0.15) is 34.2 Å². The molecule has 69 heavy (non-hydrogen) atoms. The second-order valence-corrected chi connectivity index (χ2v) is 19.3. The molecule has 5 aromatic carbocycles. The highest BCUT2D eigenvalue weighted by atomic mass is 32.2. The van der Waals surface area contributed by atoms with Gasteiger partial charge in [0, 0.05) is 24.3 Å². The maximum atomic E-state index is 11.8.